The molecule has 0 aliphatic heterocycles. The average Bonchev–Trinajstić information content (AvgIpc) is 2.11. The van der Waals surface area contributed by atoms with Gasteiger partial charge in [-0.05, 0) is 18.6 Å². The quantitative estimate of drug-likeness (QED) is 0.503. The van der Waals surface area contributed by atoms with Gasteiger partial charge in [-0.1, -0.05) is 19.1 Å². The minimum atomic E-state index is -0.181. The Morgan fingerprint density at radius 1 is 1.42 bits per heavy atom. The van der Waals surface area contributed by atoms with E-state index in [0.717, 1.165) is 0 Å². The van der Waals surface area contributed by atoms with Crippen molar-refractivity contribution in [1.29, 1.82) is 0 Å². The molecule has 1 rings (SSSR count). The van der Waals surface area contributed by atoms with E-state index in [0.29, 0.717) is 12.1 Å². The second-order valence-electron chi connectivity index (χ2n) is 2.25. The Balaban J connectivity index is 0.000000261. The van der Waals surface area contributed by atoms with Crippen LogP contribution in [-0.4, -0.2) is 11.8 Å². The van der Waals surface area contributed by atoms with Crippen LogP contribution in [0.3, 0.4) is 0 Å². The number of hydrogen-bond acceptors (Lipinski definition) is 2. The Hall–Kier alpha value is -1.25. The highest BCUT2D eigenvalue weighted by Gasteiger charge is 1.87. The van der Waals surface area contributed by atoms with Gasteiger partial charge in [-0.2, -0.15) is 0 Å². The van der Waals surface area contributed by atoms with E-state index in [4.69, 9.17) is 10.8 Å². The van der Waals surface area contributed by atoms with Gasteiger partial charge in [-0.15, -0.1) is 0 Å². The van der Waals surface area contributed by atoms with Gasteiger partial charge in [0.05, 0.1) is 12.4 Å². The highest BCUT2D eigenvalue weighted by atomic mass is 19.1. The molecule has 2 nitrogen and oxygen atoms in total. The third kappa shape index (κ3) is 4.55. The number of benzene rings is 1. The third-order valence-corrected chi connectivity index (χ3v) is 1.13. The monoisotopic (exact) mass is 171 g/mol. The highest BCUT2D eigenvalue weighted by molar-refractivity contribution is 5.50. The predicted molar refractivity (Wildman–Crippen MR) is 48.8 cm³/mol. The van der Waals surface area contributed by atoms with Crippen molar-refractivity contribution in [2.45, 2.75) is 13.3 Å². The molecule has 0 atom stereocenters. The summed E-state index contributed by atoms with van der Waals surface area (Å²) in [6.07, 6.45) is 0.653. The summed E-state index contributed by atoms with van der Waals surface area (Å²) in [7, 11) is 0. The molecule has 0 spiro atoms. The molecule has 0 heterocycles. The Bertz CT molecular complexity index is 192. The van der Waals surface area contributed by atoms with Crippen molar-refractivity contribution in [1.82, 2.24) is 0 Å². The molecule has 0 aliphatic carbocycles. The zero-order valence-electron chi connectivity index (χ0n) is 7.13. The maximum Gasteiger partial charge on any atom is 0.138 e. The molecule has 68 valence electrons. The van der Waals surface area contributed by atoms with Crippen molar-refractivity contribution in [3.63, 3.8) is 0 Å². The Kier molecular flexibility index (Phi) is 5.79. The molecular formula is C9H14FNO. The van der Waals surface area contributed by atoms with E-state index in [1.807, 2.05) is 0 Å². The first-order chi connectivity index (χ1) is 5.72. The number of rotatable bonds is 1. The number of halogens is 1. The van der Waals surface area contributed by atoms with Gasteiger partial charge in [-0.3, -0.25) is 4.39 Å². The average molecular weight is 171 g/mol. The van der Waals surface area contributed by atoms with Gasteiger partial charge in [0.25, 0.3) is 0 Å². The summed E-state index contributed by atoms with van der Waals surface area (Å²) in [5.74, 6) is 0.146. The second kappa shape index (κ2) is 6.46. The number of nitrogen functional groups attached to an aromatic ring is 1. The van der Waals surface area contributed by atoms with Crippen LogP contribution >= 0.6 is 0 Å². The molecule has 0 aromatic heterocycles. The van der Waals surface area contributed by atoms with Crippen molar-refractivity contribution >= 4 is 5.69 Å². The fourth-order valence-corrected chi connectivity index (χ4v) is 0.488. The van der Waals surface area contributed by atoms with Gasteiger partial charge in [0.2, 0.25) is 0 Å². The van der Waals surface area contributed by atoms with Crippen LogP contribution in [-0.2, 0) is 0 Å². The summed E-state index contributed by atoms with van der Waals surface area (Å²) in [6, 6.07) is 6.70. The molecular weight excluding hydrogens is 157 g/mol. The standard InChI is InChI=1S/C6H7NO.C3H7F/c7-5-3-1-2-4-6(5)8;1-2-3-4/h1-4,8H,7H2;2-3H2,1H3. The summed E-state index contributed by atoms with van der Waals surface area (Å²) < 4.78 is 10.7. The number of nitrogens with two attached hydrogens (primary N) is 1. The summed E-state index contributed by atoms with van der Waals surface area (Å²) in [6.45, 7) is 1.62. The van der Waals surface area contributed by atoms with Gasteiger partial charge in [0, 0.05) is 0 Å². The number of para-hydroxylation sites is 2. The molecule has 3 heteroatoms. The van der Waals surface area contributed by atoms with Crippen molar-refractivity contribution in [2.24, 2.45) is 0 Å². The summed E-state index contributed by atoms with van der Waals surface area (Å²) in [4.78, 5) is 0. The van der Waals surface area contributed by atoms with Crippen LogP contribution in [0, 0.1) is 0 Å². The van der Waals surface area contributed by atoms with E-state index in [1.54, 1.807) is 31.2 Å². The van der Waals surface area contributed by atoms with Gasteiger partial charge < -0.3 is 10.8 Å². The lowest BCUT2D eigenvalue weighted by Gasteiger charge is -1.92. The molecule has 0 saturated heterocycles. The van der Waals surface area contributed by atoms with Gasteiger partial charge in [0.15, 0.2) is 0 Å². The largest absolute Gasteiger partial charge is 0.506 e. The first kappa shape index (κ1) is 10.8. The maximum absolute atomic E-state index is 10.7. The minimum Gasteiger partial charge on any atom is -0.506 e. The predicted octanol–water partition coefficient (Wildman–Crippen LogP) is 2.34. The zero-order chi connectivity index (χ0) is 9.40. The zero-order valence-corrected chi connectivity index (χ0v) is 7.13. The smallest absolute Gasteiger partial charge is 0.138 e. The van der Waals surface area contributed by atoms with E-state index < -0.39 is 0 Å². The van der Waals surface area contributed by atoms with Crippen LogP contribution in [0.5, 0.6) is 5.75 Å². The van der Waals surface area contributed by atoms with Gasteiger partial charge >= 0.3 is 0 Å². The van der Waals surface area contributed by atoms with Crippen molar-refractivity contribution in [2.75, 3.05) is 12.4 Å². The van der Waals surface area contributed by atoms with Crippen LogP contribution in [0.15, 0.2) is 24.3 Å². The number of hydrogen-bond donors (Lipinski definition) is 2. The lowest BCUT2D eigenvalue weighted by Crippen LogP contribution is -1.82. The number of aromatic hydroxyl groups is 1. The first-order valence-electron chi connectivity index (χ1n) is 3.81. The number of anilines is 1. The van der Waals surface area contributed by atoms with E-state index in [2.05, 4.69) is 0 Å². The Morgan fingerprint density at radius 2 is 1.92 bits per heavy atom. The van der Waals surface area contributed by atoms with E-state index >= 15 is 0 Å². The SMILES string of the molecule is CCCF.Nc1ccccc1O. The number of phenolic OH excluding ortho intramolecular Hbond substituents is 1. The van der Waals surface area contributed by atoms with E-state index in [-0.39, 0.29) is 12.4 Å². The fourth-order valence-electron chi connectivity index (χ4n) is 0.488. The molecule has 3 N–H and O–H groups in total. The summed E-state index contributed by atoms with van der Waals surface area (Å²) >= 11 is 0. The molecule has 12 heavy (non-hydrogen) atoms. The van der Waals surface area contributed by atoms with Crippen LogP contribution in [0.4, 0.5) is 10.1 Å². The lowest BCUT2D eigenvalue weighted by molar-refractivity contribution is 0.478. The molecule has 0 unspecified atom stereocenters. The van der Waals surface area contributed by atoms with Gasteiger partial charge in [0.1, 0.15) is 5.75 Å². The van der Waals surface area contributed by atoms with E-state index in [9.17, 15) is 4.39 Å². The van der Waals surface area contributed by atoms with Gasteiger partial charge in [-0.25, -0.2) is 0 Å². The highest BCUT2D eigenvalue weighted by Crippen LogP contribution is 2.16. The van der Waals surface area contributed by atoms with Crippen LogP contribution < -0.4 is 5.73 Å². The lowest BCUT2D eigenvalue weighted by atomic mass is 10.3. The third-order valence-electron chi connectivity index (χ3n) is 1.13. The van der Waals surface area contributed by atoms with Crippen LogP contribution in [0.25, 0.3) is 0 Å². The molecule has 0 aliphatic rings. The molecule has 0 saturated carbocycles. The Labute approximate surface area is 71.8 Å². The number of alkyl halides is 1. The molecule has 1 aromatic carbocycles. The van der Waals surface area contributed by atoms with Crippen molar-refractivity contribution in [3.05, 3.63) is 24.3 Å². The van der Waals surface area contributed by atoms with Crippen LogP contribution in [0.1, 0.15) is 13.3 Å². The maximum atomic E-state index is 10.7. The Morgan fingerprint density at radius 3 is 2.17 bits per heavy atom. The van der Waals surface area contributed by atoms with Crippen LogP contribution in [0.2, 0.25) is 0 Å². The molecule has 0 fully saturated rings. The topological polar surface area (TPSA) is 46.2 Å². The van der Waals surface area contributed by atoms with Crippen molar-refractivity contribution in [3.8, 4) is 5.75 Å². The summed E-state index contributed by atoms with van der Waals surface area (Å²) in [5.41, 5.74) is 5.69. The van der Waals surface area contributed by atoms with Crippen molar-refractivity contribution < 1.29 is 9.50 Å². The summed E-state index contributed by atoms with van der Waals surface area (Å²) in [5, 5.41) is 8.79. The molecule has 0 radical (unpaired) electrons. The normalized spacial score (nSPS) is 8.50. The molecule has 0 bridgehead atoms. The molecule has 1 aromatic rings. The number of phenols is 1. The fraction of sp³-hybridized carbons (Fsp3) is 0.333. The molecule has 0 amide bonds. The second-order valence-corrected chi connectivity index (χ2v) is 2.25. The first-order valence-corrected chi connectivity index (χ1v) is 3.81. The minimum absolute atomic E-state index is 0.146. The van der Waals surface area contributed by atoms with E-state index in [1.165, 1.54) is 0 Å².